The van der Waals surface area contributed by atoms with Crippen molar-refractivity contribution in [3.8, 4) is 0 Å². The van der Waals surface area contributed by atoms with Gasteiger partial charge in [-0.3, -0.25) is 9.52 Å². The van der Waals surface area contributed by atoms with E-state index in [1.807, 2.05) is 0 Å². The van der Waals surface area contributed by atoms with Gasteiger partial charge in [-0.2, -0.15) is 10.1 Å². The number of benzene rings is 1. The highest BCUT2D eigenvalue weighted by molar-refractivity contribution is 8.08. The van der Waals surface area contributed by atoms with Crippen LogP contribution in [0.25, 0.3) is 11.0 Å². The molecule has 0 saturated carbocycles. The molecule has 0 saturated heterocycles. The smallest absolute Gasteiger partial charge is 0.302 e. The zero-order valence-electron chi connectivity index (χ0n) is 18.1. The molecule has 0 aliphatic rings. The summed E-state index contributed by atoms with van der Waals surface area (Å²) in [5, 5.41) is 7.13. The number of carbonyl (C=O) groups excluding carboxylic acids is 1. The highest BCUT2D eigenvalue weighted by Crippen LogP contribution is 2.19. The van der Waals surface area contributed by atoms with Crippen molar-refractivity contribution in [2.45, 2.75) is 26.3 Å². The fourth-order valence-electron chi connectivity index (χ4n) is 2.91. The number of ether oxygens (including phenoxy) is 1. The average molecular weight is 497 g/mol. The third kappa shape index (κ3) is 7.68. The number of anilines is 3. The Hall–Kier alpha value is -3.26. The van der Waals surface area contributed by atoms with Gasteiger partial charge in [0, 0.05) is 37.3 Å². The molecular weight excluding hydrogens is 472 g/mol. The standard InChI is InChI=1S/C19H24N6O6S2/c1-14(26)31-10-4-3-9-25-18-15(12-21-25)11-20-19(23-18)22-16-5-7-17(8-6-16)24-33(29,30)13-32(2,27)28/h5-8,11-12,24H,3-4,9-10,13H2,1-2H3,(H,20,22,23). The zero-order valence-corrected chi connectivity index (χ0v) is 19.7. The van der Waals surface area contributed by atoms with E-state index < -0.39 is 24.9 Å². The maximum Gasteiger partial charge on any atom is 0.302 e. The Morgan fingerprint density at radius 3 is 2.42 bits per heavy atom. The molecule has 0 bridgehead atoms. The SMILES string of the molecule is CC(=O)OCCCCn1ncc2cnc(Nc3ccc(NS(=O)(=O)CS(C)(=O)=O)cc3)nc21. The van der Waals surface area contributed by atoms with Crippen LogP contribution in [-0.4, -0.2) is 60.5 Å². The fourth-order valence-corrected chi connectivity index (χ4v) is 5.90. The second kappa shape index (κ2) is 10.1. The summed E-state index contributed by atoms with van der Waals surface area (Å²) in [7, 11) is -7.71. The van der Waals surface area contributed by atoms with Gasteiger partial charge in [0.05, 0.1) is 18.2 Å². The predicted octanol–water partition coefficient (Wildman–Crippen LogP) is 1.66. The maximum atomic E-state index is 11.9. The van der Waals surface area contributed by atoms with E-state index in [-0.39, 0.29) is 11.7 Å². The molecule has 0 amide bonds. The predicted molar refractivity (Wildman–Crippen MR) is 123 cm³/mol. The Morgan fingerprint density at radius 2 is 1.76 bits per heavy atom. The molecule has 3 aromatic rings. The molecule has 0 atom stereocenters. The minimum atomic E-state index is -4.02. The highest BCUT2D eigenvalue weighted by Gasteiger charge is 2.18. The summed E-state index contributed by atoms with van der Waals surface area (Å²) in [6.45, 7) is 2.33. The fraction of sp³-hybridized carbons (Fsp3) is 0.368. The quantitative estimate of drug-likeness (QED) is 0.295. The number of esters is 1. The Bertz CT molecular complexity index is 1340. The minimum Gasteiger partial charge on any atom is -0.466 e. The number of hydrogen-bond acceptors (Lipinski definition) is 10. The molecule has 2 aromatic heterocycles. The summed E-state index contributed by atoms with van der Waals surface area (Å²) in [6, 6.07) is 6.21. The summed E-state index contributed by atoms with van der Waals surface area (Å²) < 4.78 is 55.2. The van der Waals surface area contributed by atoms with E-state index in [1.165, 1.54) is 19.1 Å². The number of fused-ring (bicyclic) bond motifs is 1. The van der Waals surface area contributed by atoms with E-state index in [4.69, 9.17) is 4.74 Å². The Balaban J connectivity index is 1.64. The molecule has 0 fully saturated rings. The van der Waals surface area contributed by atoms with E-state index in [2.05, 4.69) is 25.1 Å². The summed E-state index contributed by atoms with van der Waals surface area (Å²) in [6.07, 6.45) is 5.62. The number of nitrogens with one attached hydrogen (secondary N) is 2. The third-order valence-electron chi connectivity index (χ3n) is 4.23. The zero-order chi connectivity index (χ0) is 24.1. The van der Waals surface area contributed by atoms with Gasteiger partial charge in [0.25, 0.3) is 0 Å². The van der Waals surface area contributed by atoms with Gasteiger partial charge in [-0.1, -0.05) is 0 Å². The number of sulfone groups is 1. The molecule has 3 rings (SSSR count). The van der Waals surface area contributed by atoms with Gasteiger partial charge in [0.15, 0.2) is 20.6 Å². The van der Waals surface area contributed by atoms with Crippen LogP contribution in [0.2, 0.25) is 0 Å². The van der Waals surface area contributed by atoms with Crippen LogP contribution in [-0.2, 0) is 35.9 Å². The lowest BCUT2D eigenvalue weighted by Gasteiger charge is -2.09. The molecule has 0 aliphatic heterocycles. The van der Waals surface area contributed by atoms with Crippen molar-refractivity contribution in [2.75, 3.05) is 28.0 Å². The van der Waals surface area contributed by atoms with Crippen molar-refractivity contribution in [3.05, 3.63) is 36.7 Å². The second-order valence-electron chi connectivity index (χ2n) is 7.35. The van der Waals surface area contributed by atoms with Gasteiger partial charge < -0.3 is 10.1 Å². The molecule has 2 heterocycles. The number of aryl methyl sites for hydroxylation is 1. The Morgan fingerprint density at radius 1 is 1.06 bits per heavy atom. The van der Waals surface area contributed by atoms with Crippen molar-refractivity contribution in [3.63, 3.8) is 0 Å². The molecule has 0 unspecified atom stereocenters. The molecular formula is C19H24N6O6S2. The van der Waals surface area contributed by atoms with Crippen molar-refractivity contribution in [1.82, 2.24) is 19.7 Å². The monoisotopic (exact) mass is 496 g/mol. The molecule has 2 N–H and O–H groups in total. The first-order chi connectivity index (χ1) is 15.5. The summed E-state index contributed by atoms with van der Waals surface area (Å²) in [5.74, 6) is 0.0249. The Labute approximate surface area is 191 Å². The largest absolute Gasteiger partial charge is 0.466 e. The van der Waals surface area contributed by atoms with Crippen LogP contribution in [0.1, 0.15) is 19.8 Å². The van der Waals surface area contributed by atoms with E-state index in [9.17, 15) is 21.6 Å². The van der Waals surface area contributed by atoms with Crippen molar-refractivity contribution < 1.29 is 26.4 Å². The van der Waals surface area contributed by atoms with Crippen LogP contribution in [0, 0.1) is 0 Å². The molecule has 178 valence electrons. The summed E-state index contributed by atoms with van der Waals surface area (Å²) in [4.78, 5) is 19.6. The van der Waals surface area contributed by atoms with E-state index in [0.29, 0.717) is 36.9 Å². The van der Waals surface area contributed by atoms with Gasteiger partial charge >= 0.3 is 5.97 Å². The Kier molecular flexibility index (Phi) is 7.48. The van der Waals surface area contributed by atoms with Gasteiger partial charge in [-0.05, 0) is 37.1 Å². The number of carbonyl (C=O) groups is 1. The van der Waals surface area contributed by atoms with Gasteiger partial charge in [0.2, 0.25) is 16.0 Å². The van der Waals surface area contributed by atoms with Gasteiger partial charge in [-0.25, -0.2) is 26.5 Å². The van der Waals surface area contributed by atoms with Crippen LogP contribution >= 0.6 is 0 Å². The number of nitrogens with zero attached hydrogens (tertiary/aromatic N) is 4. The molecule has 33 heavy (non-hydrogen) atoms. The molecule has 14 heteroatoms. The van der Waals surface area contributed by atoms with E-state index in [1.54, 1.807) is 29.2 Å². The average Bonchev–Trinajstić information content (AvgIpc) is 3.09. The van der Waals surface area contributed by atoms with Crippen LogP contribution in [0.15, 0.2) is 36.7 Å². The lowest BCUT2D eigenvalue weighted by molar-refractivity contribution is -0.141. The van der Waals surface area contributed by atoms with Gasteiger partial charge in [0.1, 0.15) is 0 Å². The van der Waals surface area contributed by atoms with Crippen LogP contribution in [0.4, 0.5) is 17.3 Å². The lowest BCUT2D eigenvalue weighted by atomic mass is 10.3. The molecule has 12 nitrogen and oxygen atoms in total. The van der Waals surface area contributed by atoms with Crippen LogP contribution in [0.3, 0.4) is 0 Å². The topological polar surface area (TPSA) is 162 Å². The number of unbranched alkanes of at least 4 members (excludes halogenated alkanes) is 1. The summed E-state index contributed by atoms with van der Waals surface area (Å²) >= 11 is 0. The number of sulfonamides is 1. The second-order valence-corrected chi connectivity index (χ2v) is 11.6. The van der Waals surface area contributed by atoms with Gasteiger partial charge in [-0.15, -0.1) is 0 Å². The first kappa shape index (κ1) is 24.4. The minimum absolute atomic E-state index is 0.229. The number of aromatic nitrogens is 4. The van der Waals surface area contributed by atoms with Crippen molar-refractivity contribution in [2.24, 2.45) is 0 Å². The first-order valence-electron chi connectivity index (χ1n) is 9.88. The van der Waals surface area contributed by atoms with E-state index in [0.717, 1.165) is 18.1 Å². The summed E-state index contributed by atoms with van der Waals surface area (Å²) in [5.41, 5.74) is 1.48. The molecule has 0 aliphatic carbocycles. The number of hydrogen-bond donors (Lipinski definition) is 2. The number of rotatable bonds is 11. The van der Waals surface area contributed by atoms with E-state index >= 15 is 0 Å². The maximum absolute atomic E-state index is 11.9. The highest BCUT2D eigenvalue weighted by atomic mass is 32.3. The van der Waals surface area contributed by atoms with Crippen LogP contribution < -0.4 is 10.0 Å². The normalized spacial score (nSPS) is 11.9. The van der Waals surface area contributed by atoms with Crippen LogP contribution in [0.5, 0.6) is 0 Å². The van der Waals surface area contributed by atoms with Crippen molar-refractivity contribution >= 4 is 54.2 Å². The molecule has 1 aromatic carbocycles. The molecule has 0 spiro atoms. The molecule has 0 radical (unpaired) electrons. The lowest BCUT2D eigenvalue weighted by Crippen LogP contribution is -2.22. The van der Waals surface area contributed by atoms with Crippen molar-refractivity contribution in [1.29, 1.82) is 0 Å². The first-order valence-corrected chi connectivity index (χ1v) is 13.6. The third-order valence-corrected chi connectivity index (χ3v) is 7.73.